The van der Waals surface area contributed by atoms with E-state index >= 15 is 0 Å². The molecule has 2 N–H and O–H groups in total. The number of aliphatic hydroxyl groups excluding tert-OH is 1. The maximum absolute atomic E-state index is 12.7. The van der Waals surface area contributed by atoms with Crippen LogP contribution in [0, 0.1) is 19.3 Å². The lowest BCUT2D eigenvalue weighted by atomic mass is 9.87. The van der Waals surface area contributed by atoms with Crippen molar-refractivity contribution in [1.29, 1.82) is 0 Å². The number of hydrogen-bond donors (Lipinski definition) is 2. The standard InChI is InChI=1S/C20H32N2O2/c1-14-8-9-15(2)17(11-14)18-7-6-10-22(18)19(24)21-13-20(4,5)12-16(3)23/h8-9,11,16,18,23H,6-7,10,12-13H2,1-5H3,(H,21,24). The number of likely N-dealkylation sites (tertiary alicyclic amines) is 1. The molecule has 1 aromatic rings. The Bertz CT molecular complexity index is 581. The molecule has 0 radical (unpaired) electrons. The van der Waals surface area contributed by atoms with Gasteiger partial charge in [-0.2, -0.15) is 0 Å². The van der Waals surface area contributed by atoms with Crippen LogP contribution < -0.4 is 5.32 Å². The number of benzene rings is 1. The third-order valence-electron chi connectivity index (χ3n) is 4.87. The molecule has 24 heavy (non-hydrogen) atoms. The molecule has 1 heterocycles. The largest absolute Gasteiger partial charge is 0.393 e. The highest BCUT2D eigenvalue weighted by atomic mass is 16.3. The van der Waals surface area contributed by atoms with Gasteiger partial charge in [0.1, 0.15) is 0 Å². The molecule has 4 nitrogen and oxygen atoms in total. The highest BCUT2D eigenvalue weighted by Crippen LogP contribution is 2.34. The SMILES string of the molecule is Cc1ccc(C)c(C2CCCN2C(=O)NCC(C)(C)CC(C)O)c1. The molecule has 2 unspecified atom stereocenters. The lowest BCUT2D eigenvalue weighted by Crippen LogP contribution is -2.43. The molecule has 0 saturated carbocycles. The van der Waals surface area contributed by atoms with E-state index in [1.807, 2.05) is 4.90 Å². The minimum Gasteiger partial charge on any atom is -0.393 e. The molecule has 0 aliphatic carbocycles. The lowest BCUT2D eigenvalue weighted by molar-refractivity contribution is 0.126. The van der Waals surface area contributed by atoms with E-state index in [0.29, 0.717) is 13.0 Å². The van der Waals surface area contributed by atoms with Crippen molar-refractivity contribution in [3.63, 3.8) is 0 Å². The first kappa shape index (κ1) is 18.8. The Hall–Kier alpha value is -1.55. The zero-order valence-corrected chi connectivity index (χ0v) is 15.7. The zero-order chi connectivity index (χ0) is 17.9. The predicted molar refractivity (Wildman–Crippen MR) is 98.1 cm³/mol. The summed E-state index contributed by atoms with van der Waals surface area (Å²) in [6.07, 6.45) is 2.39. The summed E-state index contributed by atoms with van der Waals surface area (Å²) in [7, 11) is 0. The average molecular weight is 332 g/mol. The van der Waals surface area contributed by atoms with E-state index < -0.39 is 0 Å². The second-order valence-corrected chi connectivity index (χ2v) is 8.09. The van der Waals surface area contributed by atoms with Crippen LogP contribution in [0.25, 0.3) is 0 Å². The maximum Gasteiger partial charge on any atom is 0.317 e. The molecule has 2 atom stereocenters. The van der Waals surface area contributed by atoms with Gasteiger partial charge < -0.3 is 15.3 Å². The van der Waals surface area contributed by atoms with Gasteiger partial charge >= 0.3 is 6.03 Å². The van der Waals surface area contributed by atoms with Gasteiger partial charge in [-0.1, -0.05) is 37.6 Å². The molecule has 2 amide bonds. The third-order valence-corrected chi connectivity index (χ3v) is 4.87. The number of rotatable bonds is 5. The fourth-order valence-electron chi connectivity index (χ4n) is 3.74. The van der Waals surface area contributed by atoms with E-state index in [9.17, 15) is 9.90 Å². The van der Waals surface area contributed by atoms with Crippen molar-refractivity contribution in [2.45, 2.75) is 66.0 Å². The van der Waals surface area contributed by atoms with Crippen LogP contribution in [0.5, 0.6) is 0 Å². The van der Waals surface area contributed by atoms with Crippen LogP contribution in [0.15, 0.2) is 18.2 Å². The van der Waals surface area contributed by atoms with Gasteiger partial charge in [0.15, 0.2) is 0 Å². The zero-order valence-electron chi connectivity index (χ0n) is 15.7. The quantitative estimate of drug-likeness (QED) is 0.858. The fraction of sp³-hybridized carbons (Fsp3) is 0.650. The van der Waals surface area contributed by atoms with Crippen LogP contribution >= 0.6 is 0 Å². The van der Waals surface area contributed by atoms with E-state index in [1.54, 1.807) is 6.92 Å². The summed E-state index contributed by atoms with van der Waals surface area (Å²) >= 11 is 0. The van der Waals surface area contributed by atoms with Crippen LogP contribution in [0.3, 0.4) is 0 Å². The van der Waals surface area contributed by atoms with Crippen LogP contribution in [0.4, 0.5) is 4.79 Å². The normalized spacial score (nSPS) is 19.4. The number of aryl methyl sites for hydroxylation is 2. The molecule has 4 heteroatoms. The Morgan fingerprint density at radius 1 is 1.42 bits per heavy atom. The number of nitrogens with zero attached hydrogens (tertiary/aromatic N) is 1. The van der Waals surface area contributed by atoms with Gasteiger partial charge in [0, 0.05) is 13.1 Å². The lowest BCUT2D eigenvalue weighted by Gasteiger charge is -2.30. The van der Waals surface area contributed by atoms with E-state index in [-0.39, 0.29) is 23.6 Å². The Kier molecular flexibility index (Phi) is 5.92. The Labute approximate surface area is 146 Å². The van der Waals surface area contributed by atoms with E-state index in [4.69, 9.17) is 0 Å². The summed E-state index contributed by atoms with van der Waals surface area (Å²) < 4.78 is 0. The summed E-state index contributed by atoms with van der Waals surface area (Å²) in [5.74, 6) is 0. The summed E-state index contributed by atoms with van der Waals surface area (Å²) in [5, 5.41) is 12.7. The number of aliphatic hydroxyl groups is 1. The summed E-state index contributed by atoms with van der Waals surface area (Å²) in [5.41, 5.74) is 3.64. The van der Waals surface area contributed by atoms with Crippen LogP contribution in [0.2, 0.25) is 0 Å². The van der Waals surface area contributed by atoms with Gasteiger partial charge in [-0.15, -0.1) is 0 Å². The number of carbonyl (C=O) groups is 1. The highest BCUT2D eigenvalue weighted by Gasteiger charge is 2.32. The second kappa shape index (κ2) is 7.56. The molecule has 1 aliphatic rings. The highest BCUT2D eigenvalue weighted by molar-refractivity contribution is 5.75. The number of carbonyl (C=O) groups excluding carboxylic acids is 1. The van der Waals surface area contributed by atoms with Crippen LogP contribution in [-0.4, -0.2) is 35.2 Å². The van der Waals surface area contributed by atoms with Gasteiger partial charge in [-0.3, -0.25) is 0 Å². The van der Waals surface area contributed by atoms with Gasteiger partial charge in [0.2, 0.25) is 0 Å². The first-order chi connectivity index (χ1) is 11.2. The van der Waals surface area contributed by atoms with Crippen molar-refractivity contribution in [3.05, 3.63) is 34.9 Å². The van der Waals surface area contributed by atoms with E-state index in [2.05, 4.69) is 51.2 Å². The second-order valence-electron chi connectivity index (χ2n) is 8.09. The minimum atomic E-state index is -0.355. The molecule has 1 aromatic carbocycles. The molecule has 0 bridgehead atoms. The van der Waals surface area contributed by atoms with E-state index in [0.717, 1.165) is 19.4 Å². The topological polar surface area (TPSA) is 52.6 Å². The predicted octanol–water partition coefficient (Wildman–Crippen LogP) is 3.95. The first-order valence-electron chi connectivity index (χ1n) is 8.99. The number of hydrogen-bond acceptors (Lipinski definition) is 2. The van der Waals surface area contributed by atoms with Crippen molar-refractivity contribution in [3.8, 4) is 0 Å². The minimum absolute atomic E-state index is 0.0112. The van der Waals surface area contributed by atoms with E-state index in [1.165, 1.54) is 16.7 Å². The molecule has 0 aromatic heterocycles. The number of amides is 2. The smallest absolute Gasteiger partial charge is 0.317 e. The average Bonchev–Trinajstić information content (AvgIpc) is 2.95. The third kappa shape index (κ3) is 4.73. The van der Waals surface area contributed by atoms with Crippen molar-refractivity contribution in [1.82, 2.24) is 10.2 Å². The molecular formula is C20H32N2O2. The fourth-order valence-corrected chi connectivity index (χ4v) is 3.74. The molecule has 1 fully saturated rings. The first-order valence-corrected chi connectivity index (χ1v) is 8.99. The van der Waals surface area contributed by atoms with Crippen LogP contribution in [0.1, 0.15) is 62.8 Å². The molecule has 0 spiro atoms. The van der Waals surface area contributed by atoms with Crippen molar-refractivity contribution in [2.75, 3.05) is 13.1 Å². The number of nitrogens with one attached hydrogen (secondary N) is 1. The molecule has 1 aliphatic heterocycles. The maximum atomic E-state index is 12.7. The van der Waals surface area contributed by atoms with Gasteiger partial charge in [0.25, 0.3) is 0 Å². The molecular weight excluding hydrogens is 300 g/mol. The van der Waals surface area contributed by atoms with Gasteiger partial charge in [0.05, 0.1) is 12.1 Å². The summed E-state index contributed by atoms with van der Waals surface area (Å²) in [6.45, 7) is 11.5. The number of urea groups is 1. The van der Waals surface area contributed by atoms with Gasteiger partial charge in [-0.05, 0) is 56.6 Å². The molecule has 134 valence electrons. The summed E-state index contributed by atoms with van der Waals surface area (Å²) in [4.78, 5) is 14.7. The Morgan fingerprint density at radius 2 is 2.12 bits per heavy atom. The molecule has 1 saturated heterocycles. The van der Waals surface area contributed by atoms with Crippen molar-refractivity contribution < 1.29 is 9.90 Å². The molecule has 2 rings (SSSR count). The Balaban J connectivity index is 2.05. The Morgan fingerprint density at radius 3 is 2.79 bits per heavy atom. The monoisotopic (exact) mass is 332 g/mol. The van der Waals surface area contributed by atoms with Gasteiger partial charge in [-0.25, -0.2) is 4.79 Å². The van der Waals surface area contributed by atoms with Crippen LogP contribution in [-0.2, 0) is 0 Å². The van der Waals surface area contributed by atoms with Crippen molar-refractivity contribution >= 4 is 6.03 Å². The summed E-state index contributed by atoms with van der Waals surface area (Å²) in [6, 6.07) is 6.66. The van der Waals surface area contributed by atoms with Crippen molar-refractivity contribution in [2.24, 2.45) is 5.41 Å².